The molecule has 1 aromatic carbocycles. The average molecular weight is 627 g/mol. The van der Waals surface area contributed by atoms with Gasteiger partial charge in [-0.1, -0.05) is 23.5 Å². The zero-order valence-corrected chi connectivity index (χ0v) is 18.2. The van der Waals surface area contributed by atoms with Crippen molar-refractivity contribution in [1.82, 2.24) is 4.98 Å². The predicted molar refractivity (Wildman–Crippen MR) is 93.8 cm³/mol. The molecule has 0 unspecified atom stereocenters. The van der Waals surface area contributed by atoms with Crippen molar-refractivity contribution in [2.45, 2.75) is 48.4 Å². The molecule has 39 heavy (non-hydrogen) atoms. The number of amidine groups is 1. The number of nitrogens with two attached hydrogens (primary N) is 1. The van der Waals surface area contributed by atoms with E-state index >= 15 is 0 Å². The van der Waals surface area contributed by atoms with Crippen LogP contribution in [0, 0.1) is 0 Å². The van der Waals surface area contributed by atoms with Gasteiger partial charge in [0, 0.05) is 0 Å². The van der Waals surface area contributed by atoms with Gasteiger partial charge < -0.3 is 5.73 Å². The molecule has 2 atom stereocenters. The van der Waals surface area contributed by atoms with E-state index in [-0.39, 0.29) is 21.6 Å². The molecule has 5 nitrogen and oxygen atoms in total. The third kappa shape index (κ3) is 5.64. The van der Waals surface area contributed by atoms with Gasteiger partial charge in [0.2, 0.25) is 5.13 Å². The Morgan fingerprint density at radius 2 is 1.21 bits per heavy atom. The van der Waals surface area contributed by atoms with Gasteiger partial charge in [-0.2, -0.15) is 79.6 Å². The topological polar surface area (TPSA) is 69.7 Å². The van der Waals surface area contributed by atoms with E-state index in [0.717, 1.165) is 0 Å². The summed E-state index contributed by atoms with van der Waals surface area (Å²) in [4.78, 5) is 6.03. The highest BCUT2D eigenvalue weighted by molar-refractivity contribution is 7.22. The van der Waals surface area contributed by atoms with Crippen LogP contribution in [0.15, 0.2) is 29.3 Å². The van der Waals surface area contributed by atoms with Gasteiger partial charge in [0.05, 0.1) is 10.2 Å². The van der Waals surface area contributed by atoms with Crippen molar-refractivity contribution in [2.75, 3.05) is 0 Å². The molecule has 23 heteroatoms. The molecule has 2 N–H and O–H groups in total. The molecule has 1 heterocycles. The number of para-hydroxylation sites is 1. The first-order valence-corrected chi connectivity index (χ1v) is 9.76. The van der Waals surface area contributed by atoms with Gasteiger partial charge in [-0.3, -0.25) is 9.47 Å². The second kappa shape index (κ2) is 9.45. The fraction of sp³-hybridized carbons (Fsp3) is 0.500. The second-order valence-corrected chi connectivity index (χ2v) is 7.97. The van der Waals surface area contributed by atoms with Crippen LogP contribution in [0.4, 0.5) is 79.8 Å². The Bertz CT molecular complexity index is 1190. The average Bonchev–Trinajstić information content (AvgIpc) is 3.12. The summed E-state index contributed by atoms with van der Waals surface area (Å²) in [7, 11) is 0. The molecule has 0 fully saturated rings. The molecule has 0 saturated carbocycles. The third-order valence-corrected chi connectivity index (χ3v) is 5.12. The van der Waals surface area contributed by atoms with Crippen molar-refractivity contribution in [2.24, 2.45) is 10.7 Å². The lowest BCUT2D eigenvalue weighted by atomic mass is 10.2. The van der Waals surface area contributed by atoms with E-state index in [1.165, 1.54) is 29.0 Å². The lowest BCUT2D eigenvalue weighted by Crippen LogP contribution is -2.68. The number of benzene rings is 1. The van der Waals surface area contributed by atoms with Crippen LogP contribution in [0.3, 0.4) is 0 Å². The molecule has 1 aromatic heterocycles. The summed E-state index contributed by atoms with van der Waals surface area (Å²) >= 11 is 0.270. The molecule has 0 spiro atoms. The van der Waals surface area contributed by atoms with Gasteiger partial charge >= 0.3 is 48.4 Å². The van der Waals surface area contributed by atoms with Crippen LogP contribution in [0.2, 0.25) is 0 Å². The number of halogens is 17. The number of nitrogens with zero attached hydrogens (tertiary/aromatic N) is 2. The van der Waals surface area contributed by atoms with Gasteiger partial charge in [0.1, 0.15) is 0 Å². The van der Waals surface area contributed by atoms with Crippen molar-refractivity contribution in [3.63, 3.8) is 0 Å². The molecule has 0 radical (unpaired) electrons. The first kappa shape index (κ1) is 32.5. The number of aromatic nitrogens is 1. The fourth-order valence-electron chi connectivity index (χ4n) is 2.27. The first-order valence-electron chi connectivity index (χ1n) is 8.95. The Labute approximate surface area is 206 Å². The van der Waals surface area contributed by atoms with Crippen LogP contribution in [0.1, 0.15) is 0 Å². The highest BCUT2D eigenvalue weighted by Gasteiger charge is 2.85. The molecule has 2 rings (SSSR count). The van der Waals surface area contributed by atoms with E-state index in [4.69, 9.17) is 0 Å². The monoisotopic (exact) mass is 627 g/mol. The molecule has 222 valence electrons. The fourth-order valence-corrected chi connectivity index (χ4v) is 3.12. The first-order chi connectivity index (χ1) is 17.1. The van der Waals surface area contributed by atoms with Crippen molar-refractivity contribution in [3.8, 4) is 0 Å². The highest BCUT2D eigenvalue weighted by atomic mass is 32.1. The van der Waals surface area contributed by atoms with Gasteiger partial charge in [0.15, 0.2) is 5.84 Å². The molecular formula is C16H6F17N3O2S. The Hall–Kier alpha value is -2.69. The Balaban J connectivity index is 2.64. The molecular weight excluding hydrogens is 621 g/mol. The van der Waals surface area contributed by atoms with Crippen LogP contribution >= 0.6 is 11.3 Å². The van der Waals surface area contributed by atoms with Gasteiger partial charge in [-0.05, 0) is 12.1 Å². The van der Waals surface area contributed by atoms with Crippen LogP contribution in [-0.2, 0) is 9.47 Å². The summed E-state index contributed by atoms with van der Waals surface area (Å²) in [6.07, 6.45) is -38.3. The molecule has 0 amide bonds. The molecule has 0 saturated heterocycles. The Morgan fingerprint density at radius 1 is 0.692 bits per heavy atom. The Kier molecular flexibility index (Phi) is 7.88. The number of alkyl halides is 17. The Morgan fingerprint density at radius 3 is 1.64 bits per heavy atom. The van der Waals surface area contributed by atoms with E-state index in [9.17, 15) is 74.6 Å². The number of ether oxygens (including phenoxy) is 2. The van der Waals surface area contributed by atoms with E-state index in [0.29, 0.717) is 0 Å². The summed E-state index contributed by atoms with van der Waals surface area (Å²) in [6, 6.07) is 5.03. The van der Waals surface area contributed by atoms with Crippen LogP contribution in [0.25, 0.3) is 10.2 Å². The number of hydrogen-bond donors (Lipinski definition) is 1. The van der Waals surface area contributed by atoms with Crippen LogP contribution < -0.4 is 5.73 Å². The van der Waals surface area contributed by atoms with E-state index in [2.05, 4.69) is 20.4 Å². The lowest BCUT2D eigenvalue weighted by Gasteiger charge is -2.40. The SMILES string of the molecule is NC(=Nc1nc2ccccc2s1)[C@](F)(OC(F)(F)[C@@](F)(OC(F)(F)C(F)(F)C(F)(F)F)C(F)(F)F)C(F)(F)F. The maximum absolute atomic E-state index is 14.7. The smallest absolute Gasteiger partial charge is 0.382 e. The normalized spacial score (nSPS) is 18.2. The lowest BCUT2D eigenvalue weighted by molar-refractivity contribution is -0.547. The summed E-state index contributed by atoms with van der Waals surface area (Å²) in [6.45, 7) is 0. The minimum Gasteiger partial charge on any atom is -0.382 e. The van der Waals surface area contributed by atoms with Gasteiger partial charge in [-0.25, -0.2) is 4.98 Å². The molecule has 0 aliphatic heterocycles. The van der Waals surface area contributed by atoms with E-state index < -0.39 is 59.3 Å². The number of hydrogen-bond acceptors (Lipinski definition) is 5. The molecule has 0 aliphatic carbocycles. The zero-order valence-electron chi connectivity index (χ0n) is 17.4. The molecule has 0 bridgehead atoms. The largest absolute Gasteiger partial charge is 0.462 e. The third-order valence-electron chi connectivity index (χ3n) is 4.19. The highest BCUT2D eigenvalue weighted by Crippen LogP contribution is 2.56. The van der Waals surface area contributed by atoms with E-state index in [1.807, 2.05) is 0 Å². The van der Waals surface area contributed by atoms with Gasteiger partial charge in [-0.15, -0.1) is 0 Å². The van der Waals surface area contributed by atoms with Crippen LogP contribution in [0.5, 0.6) is 0 Å². The number of rotatable bonds is 8. The molecule has 0 aliphatic rings. The quantitative estimate of drug-likeness (QED) is 0.192. The standard InChI is InChI=1S/C16H6F17N3O2S/c17-9(12(21,22)23,7(34)36-8-35-5-3-1-2-4-6(5)39-8)37-16(32,33)11(20,14(27,28)29)38-15(30,31)10(18,19)13(24,25)26/h1-4H,(H2,34,35,36)/t9-,11-/m0/s1. The minimum atomic E-state index is -8.00. The number of aliphatic imine (C=N–C) groups is 1. The van der Waals surface area contributed by atoms with Crippen molar-refractivity contribution < 1.29 is 84.1 Å². The van der Waals surface area contributed by atoms with Crippen molar-refractivity contribution in [3.05, 3.63) is 24.3 Å². The zero-order chi connectivity index (χ0) is 30.7. The van der Waals surface area contributed by atoms with Crippen molar-refractivity contribution >= 4 is 32.5 Å². The van der Waals surface area contributed by atoms with E-state index in [1.54, 1.807) is 0 Å². The summed E-state index contributed by atoms with van der Waals surface area (Å²) in [5.74, 6) is -25.3. The van der Waals surface area contributed by atoms with Gasteiger partial charge in [0.25, 0.3) is 0 Å². The number of thiazole rings is 1. The molecule has 2 aromatic rings. The summed E-state index contributed by atoms with van der Waals surface area (Å²) < 4.78 is 228. The summed E-state index contributed by atoms with van der Waals surface area (Å²) in [5, 5.41) is -1.01. The maximum Gasteiger partial charge on any atom is 0.462 e. The predicted octanol–water partition coefficient (Wildman–Crippen LogP) is 7.16. The number of fused-ring (bicyclic) bond motifs is 1. The minimum absolute atomic E-state index is 0.0767. The summed E-state index contributed by atoms with van der Waals surface area (Å²) in [5.41, 5.74) is 4.52. The van der Waals surface area contributed by atoms with Crippen molar-refractivity contribution in [1.29, 1.82) is 0 Å². The second-order valence-electron chi connectivity index (χ2n) is 6.96. The maximum atomic E-state index is 14.7. The van der Waals surface area contributed by atoms with Crippen LogP contribution in [-0.4, -0.2) is 59.2 Å².